The third-order valence-corrected chi connectivity index (χ3v) is 1.94. The minimum absolute atomic E-state index is 0.00421. The fraction of sp³-hybridized carbons (Fsp3) is 0.625. The van der Waals surface area contributed by atoms with Gasteiger partial charge >= 0.3 is 6.18 Å². The molecule has 0 saturated carbocycles. The maximum Gasteiger partial charge on any atom is 0.391 e. The molecule has 86 valence electrons. The smallest absolute Gasteiger partial charge is 0.375 e. The van der Waals surface area contributed by atoms with Crippen LogP contribution in [0.4, 0.5) is 13.2 Å². The molecule has 0 unspecified atom stereocenters. The number of rotatable bonds is 4. The van der Waals surface area contributed by atoms with E-state index in [4.69, 9.17) is 16.3 Å². The Hall–Kier alpha value is -0.750. The van der Waals surface area contributed by atoms with E-state index in [9.17, 15) is 13.2 Å². The number of alkyl halides is 3. The summed E-state index contributed by atoms with van der Waals surface area (Å²) in [5.41, 5.74) is 0.446. The second kappa shape index (κ2) is 4.85. The van der Waals surface area contributed by atoms with Crippen LogP contribution in [-0.2, 0) is 18.4 Å². The molecule has 0 aliphatic carbocycles. The van der Waals surface area contributed by atoms with Crippen LogP contribution in [0.1, 0.15) is 12.1 Å². The van der Waals surface area contributed by atoms with Crippen LogP contribution in [0.3, 0.4) is 0 Å². The van der Waals surface area contributed by atoms with Gasteiger partial charge in [-0.1, -0.05) is 11.6 Å². The van der Waals surface area contributed by atoms with Crippen LogP contribution >= 0.6 is 11.6 Å². The van der Waals surface area contributed by atoms with Gasteiger partial charge in [0.2, 0.25) is 0 Å². The van der Waals surface area contributed by atoms with Crippen LogP contribution < -0.4 is 0 Å². The lowest BCUT2D eigenvalue weighted by molar-refractivity contribution is -0.146. The first-order valence-corrected chi connectivity index (χ1v) is 4.59. The molecule has 0 radical (unpaired) electrons. The normalized spacial score (nSPS) is 12.1. The molecular weight excluding hydrogens is 233 g/mol. The van der Waals surface area contributed by atoms with Gasteiger partial charge in [0.1, 0.15) is 5.69 Å². The van der Waals surface area contributed by atoms with Crippen LogP contribution in [-0.4, -0.2) is 22.6 Å². The molecule has 3 nitrogen and oxygen atoms in total. The second-order valence-corrected chi connectivity index (χ2v) is 3.42. The predicted molar refractivity (Wildman–Crippen MR) is 48.5 cm³/mol. The molecule has 1 aromatic heterocycles. The number of aromatic nitrogens is 2. The summed E-state index contributed by atoms with van der Waals surface area (Å²) in [6, 6.07) is 0. The maximum atomic E-state index is 11.7. The summed E-state index contributed by atoms with van der Waals surface area (Å²) in [5.74, 6) is 0. The predicted octanol–water partition coefficient (Wildman–Crippen LogP) is 2.54. The second-order valence-electron chi connectivity index (χ2n) is 3.02. The van der Waals surface area contributed by atoms with E-state index in [2.05, 4.69) is 5.10 Å². The summed E-state index contributed by atoms with van der Waals surface area (Å²) in [6.45, 7) is -0.383. The molecule has 0 atom stereocenters. The van der Waals surface area contributed by atoms with E-state index in [1.807, 2.05) is 0 Å². The van der Waals surface area contributed by atoms with Crippen LogP contribution in [0.15, 0.2) is 6.20 Å². The van der Waals surface area contributed by atoms with Crippen molar-refractivity contribution in [2.24, 2.45) is 7.05 Å². The van der Waals surface area contributed by atoms with E-state index in [-0.39, 0.29) is 13.2 Å². The third kappa shape index (κ3) is 4.53. The van der Waals surface area contributed by atoms with Gasteiger partial charge in [0, 0.05) is 13.2 Å². The van der Waals surface area contributed by atoms with Gasteiger partial charge in [-0.25, -0.2) is 0 Å². The SMILES string of the molecule is Cn1cc(Cl)c(COCCC(F)(F)F)n1. The Morgan fingerprint density at radius 2 is 2.20 bits per heavy atom. The van der Waals surface area contributed by atoms with Crippen molar-refractivity contribution >= 4 is 11.6 Å². The number of hydrogen-bond donors (Lipinski definition) is 0. The molecule has 1 heterocycles. The minimum atomic E-state index is -4.19. The van der Waals surface area contributed by atoms with Crippen molar-refractivity contribution in [2.45, 2.75) is 19.2 Å². The summed E-state index contributed by atoms with van der Waals surface area (Å²) in [6.07, 6.45) is -3.59. The first kappa shape index (κ1) is 12.3. The minimum Gasteiger partial charge on any atom is -0.375 e. The lowest BCUT2D eigenvalue weighted by atomic mass is 10.4. The third-order valence-electron chi connectivity index (χ3n) is 1.62. The molecule has 0 aliphatic rings. The van der Waals surface area contributed by atoms with E-state index in [0.717, 1.165) is 0 Å². The molecule has 0 aromatic carbocycles. The molecule has 0 fully saturated rings. The van der Waals surface area contributed by atoms with Crippen molar-refractivity contribution in [3.05, 3.63) is 16.9 Å². The Balaban J connectivity index is 2.29. The summed E-state index contributed by atoms with van der Waals surface area (Å²) >= 11 is 5.73. The van der Waals surface area contributed by atoms with Crippen LogP contribution in [0.25, 0.3) is 0 Å². The fourth-order valence-electron chi connectivity index (χ4n) is 0.960. The van der Waals surface area contributed by atoms with Crippen molar-refractivity contribution in [1.82, 2.24) is 9.78 Å². The Kier molecular flexibility index (Phi) is 3.98. The van der Waals surface area contributed by atoms with E-state index < -0.39 is 12.6 Å². The molecule has 1 aromatic rings. The molecule has 0 saturated heterocycles. The number of halogens is 4. The largest absolute Gasteiger partial charge is 0.391 e. The highest BCUT2D eigenvalue weighted by atomic mass is 35.5. The van der Waals surface area contributed by atoms with Crippen molar-refractivity contribution in [1.29, 1.82) is 0 Å². The fourth-order valence-corrected chi connectivity index (χ4v) is 1.19. The van der Waals surface area contributed by atoms with E-state index >= 15 is 0 Å². The zero-order valence-electron chi connectivity index (χ0n) is 8.01. The van der Waals surface area contributed by atoms with E-state index in [1.54, 1.807) is 13.2 Å². The average molecular weight is 243 g/mol. The summed E-state index contributed by atoms with van der Waals surface area (Å²) in [7, 11) is 1.67. The molecule has 0 N–H and O–H groups in total. The number of hydrogen-bond acceptors (Lipinski definition) is 2. The van der Waals surface area contributed by atoms with Gasteiger partial charge in [0.05, 0.1) is 24.7 Å². The van der Waals surface area contributed by atoms with Crippen LogP contribution in [0, 0.1) is 0 Å². The number of ether oxygens (including phenoxy) is 1. The van der Waals surface area contributed by atoms with Gasteiger partial charge in [0.25, 0.3) is 0 Å². The maximum absolute atomic E-state index is 11.7. The monoisotopic (exact) mass is 242 g/mol. The zero-order chi connectivity index (χ0) is 11.5. The highest BCUT2D eigenvalue weighted by molar-refractivity contribution is 6.31. The Morgan fingerprint density at radius 1 is 1.53 bits per heavy atom. The summed E-state index contributed by atoms with van der Waals surface area (Å²) in [4.78, 5) is 0. The van der Waals surface area contributed by atoms with Gasteiger partial charge in [-0.2, -0.15) is 18.3 Å². The average Bonchev–Trinajstić information content (AvgIpc) is 2.37. The highest BCUT2D eigenvalue weighted by Crippen LogP contribution is 2.20. The van der Waals surface area contributed by atoms with E-state index in [1.165, 1.54) is 4.68 Å². The van der Waals surface area contributed by atoms with Crippen LogP contribution in [0.5, 0.6) is 0 Å². The van der Waals surface area contributed by atoms with Crippen molar-refractivity contribution < 1.29 is 17.9 Å². The lowest BCUT2D eigenvalue weighted by Crippen LogP contribution is -2.11. The Labute approximate surface area is 89.8 Å². The summed E-state index contributed by atoms with van der Waals surface area (Å²) in [5, 5.41) is 4.32. The van der Waals surface area contributed by atoms with Crippen molar-refractivity contribution in [3.63, 3.8) is 0 Å². The van der Waals surface area contributed by atoms with Crippen molar-refractivity contribution in [2.75, 3.05) is 6.61 Å². The molecule has 0 bridgehead atoms. The number of aryl methyl sites for hydroxylation is 1. The molecule has 7 heteroatoms. The molecule has 0 aliphatic heterocycles. The lowest BCUT2D eigenvalue weighted by Gasteiger charge is -2.05. The summed E-state index contributed by atoms with van der Waals surface area (Å²) < 4.78 is 41.5. The quantitative estimate of drug-likeness (QED) is 0.759. The Bertz CT molecular complexity index is 324. The molecular formula is C8H10ClF3N2O. The first-order valence-electron chi connectivity index (χ1n) is 4.21. The van der Waals surface area contributed by atoms with Gasteiger partial charge in [0.15, 0.2) is 0 Å². The Morgan fingerprint density at radius 3 is 2.67 bits per heavy atom. The molecule has 1 rings (SSSR count). The van der Waals surface area contributed by atoms with Gasteiger partial charge in [-0.05, 0) is 0 Å². The zero-order valence-corrected chi connectivity index (χ0v) is 8.77. The van der Waals surface area contributed by atoms with Gasteiger partial charge in [-0.15, -0.1) is 0 Å². The first-order chi connectivity index (χ1) is 6.88. The number of nitrogens with zero attached hydrogens (tertiary/aromatic N) is 2. The molecule has 15 heavy (non-hydrogen) atoms. The van der Waals surface area contributed by atoms with Crippen LogP contribution in [0.2, 0.25) is 5.02 Å². The standard InChI is InChI=1S/C8H10ClF3N2O/c1-14-4-6(9)7(13-14)5-15-3-2-8(10,11)12/h4H,2-3,5H2,1H3. The molecule has 0 amide bonds. The van der Waals surface area contributed by atoms with E-state index in [0.29, 0.717) is 10.7 Å². The van der Waals surface area contributed by atoms with Gasteiger partial charge < -0.3 is 4.74 Å². The topological polar surface area (TPSA) is 27.1 Å². The van der Waals surface area contributed by atoms with Gasteiger partial charge in [-0.3, -0.25) is 4.68 Å². The highest BCUT2D eigenvalue weighted by Gasteiger charge is 2.26. The van der Waals surface area contributed by atoms with Crippen molar-refractivity contribution in [3.8, 4) is 0 Å². The molecule has 0 spiro atoms.